The number of carbonyl (C=O) groups is 1. The summed E-state index contributed by atoms with van der Waals surface area (Å²) in [6, 6.07) is 12.6. The number of hydrogen-bond acceptors (Lipinski definition) is 3. The molecule has 0 aromatic heterocycles. The van der Waals surface area contributed by atoms with Crippen molar-refractivity contribution in [3.05, 3.63) is 63.1 Å². The Bertz CT molecular complexity index is 752. The van der Waals surface area contributed by atoms with Gasteiger partial charge in [-0.2, -0.15) is 0 Å². The zero-order valence-corrected chi connectivity index (χ0v) is 17.2. The molecule has 0 radical (unpaired) electrons. The van der Waals surface area contributed by atoms with Gasteiger partial charge >= 0.3 is 5.97 Å². The summed E-state index contributed by atoms with van der Waals surface area (Å²) in [6.45, 7) is 4.82. The van der Waals surface area contributed by atoms with Crippen molar-refractivity contribution >= 4 is 33.5 Å². The molecule has 140 valence electrons. The number of carboxylic acids is 1. The maximum atomic E-state index is 11.4. The molecule has 2 rings (SSSR count). The molecule has 6 heteroatoms. The first-order valence-corrected chi connectivity index (χ1v) is 9.64. The maximum absolute atomic E-state index is 11.4. The van der Waals surface area contributed by atoms with Gasteiger partial charge in [-0.05, 0) is 48.2 Å². The van der Waals surface area contributed by atoms with Crippen molar-refractivity contribution in [2.75, 3.05) is 0 Å². The lowest BCUT2D eigenvalue weighted by Crippen LogP contribution is -2.37. The van der Waals surface area contributed by atoms with Gasteiger partial charge in [0.25, 0.3) is 0 Å². The molecule has 1 atom stereocenters. The number of halogens is 2. The predicted octanol–water partition coefficient (Wildman–Crippen LogP) is 5.27. The van der Waals surface area contributed by atoms with Crippen LogP contribution in [0.15, 0.2) is 46.9 Å². The predicted molar refractivity (Wildman–Crippen MR) is 108 cm³/mol. The minimum atomic E-state index is -0.838. The Hall–Kier alpha value is -1.56. The highest BCUT2D eigenvalue weighted by molar-refractivity contribution is 9.10. The van der Waals surface area contributed by atoms with Crippen LogP contribution >= 0.6 is 27.5 Å². The Labute approximate surface area is 167 Å². The van der Waals surface area contributed by atoms with Crippen LogP contribution in [0.2, 0.25) is 5.02 Å². The van der Waals surface area contributed by atoms with Crippen molar-refractivity contribution < 1.29 is 14.6 Å². The second-order valence-electron chi connectivity index (χ2n) is 6.57. The van der Waals surface area contributed by atoms with E-state index in [0.29, 0.717) is 30.5 Å². The lowest BCUT2D eigenvalue weighted by atomic mass is 10.0. The Morgan fingerprint density at radius 2 is 2.04 bits per heavy atom. The first-order chi connectivity index (χ1) is 12.3. The molecule has 26 heavy (non-hydrogen) atoms. The molecule has 0 aliphatic carbocycles. The fourth-order valence-corrected chi connectivity index (χ4v) is 3.21. The summed E-state index contributed by atoms with van der Waals surface area (Å²) >= 11 is 9.47. The Morgan fingerprint density at radius 3 is 2.69 bits per heavy atom. The van der Waals surface area contributed by atoms with E-state index in [9.17, 15) is 9.90 Å². The van der Waals surface area contributed by atoms with Gasteiger partial charge in [0.05, 0.1) is 0 Å². The molecule has 0 heterocycles. The van der Waals surface area contributed by atoms with Crippen molar-refractivity contribution in [1.82, 2.24) is 5.32 Å². The minimum absolute atomic E-state index is 0.296. The van der Waals surface area contributed by atoms with Crippen LogP contribution < -0.4 is 10.1 Å². The van der Waals surface area contributed by atoms with Gasteiger partial charge < -0.3 is 15.2 Å². The minimum Gasteiger partial charge on any atom is -0.489 e. The van der Waals surface area contributed by atoms with Crippen LogP contribution in [0.1, 0.15) is 31.4 Å². The molecule has 0 bridgehead atoms. The molecular weight excluding hydrogens is 418 g/mol. The van der Waals surface area contributed by atoms with E-state index in [1.165, 1.54) is 0 Å². The van der Waals surface area contributed by atoms with Gasteiger partial charge in [-0.1, -0.05) is 53.5 Å². The van der Waals surface area contributed by atoms with E-state index >= 15 is 0 Å². The summed E-state index contributed by atoms with van der Waals surface area (Å²) < 4.78 is 6.86. The van der Waals surface area contributed by atoms with Crippen LogP contribution in [-0.2, 0) is 17.9 Å². The molecule has 0 saturated heterocycles. The summed E-state index contributed by atoms with van der Waals surface area (Å²) in [5.41, 5.74) is 1.87. The van der Waals surface area contributed by atoms with Gasteiger partial charge in [-0.15, -0.1) is 0 Å². The summed E-state index contributed by atoms with van der Waals surface area (Å²) in [5, 5.41) is 13.2. The topological polar surface area (TPSA) is 58.6 Å². The normalized spacial score (nSPS) is 12.2. The number of carboxylic acid groups (broad SMARTS) is 1. The van der Waals surface area contributed by atoms with Gasteiger partial charge in [0.1, 0.15) is 18.4 Å². The van der Waals surface area contributed by atoms with Crippen molar-refractivity contribution in [2.24, 2.45) is 5.92 Å². The summed E-state index contributed by atoms with van der Waals surface area (Å²) in [7, 11) is 0. The maximum Gasteiger partial charge on any atom is 0.320 e. The fourth-order valence-electron chi connectivity index (χ4n) is 2.59. The second-order valence-corrected chi connectivity index (χ2v) is 7.92. The number of benzene rings is 2. The molecule has 0 aliphatic heterocycles. The summed E-state index contributed by atoms with van der Waals surface area (Å²) in [6.07, 6.45) is 0.571. The first kappa shape index (κ1) is 20.7. The number of aliphatic carboxylic acids is 1. The zero-order chi connectivity index (χ0) is 19.1. The highest BCUT2D eigenvalue weighted by atomic mass is 79.9. The third-order valence-electron chi connectivity index (χ3n) is 3.85. The SMILES string of the molecule is CC(C)CC(NCc1cc(Br)ccc1OCc1cccc(Cl)c1)C(=O)O. The van der Waals surface area contributed by atoms with E-state index in [4.69, 9.17) is 16.3 Å². The Kier molecular flexibility index (Phi) is 7.94. The number of rotatable bonds is 9. The van der Waals surface area contributed by atoms with Crippen LogP contribution in [0.5, 0.6) is 5.75 Å². The van der Waals surface area contributed by atoms with Crippen LogP contribution in [0.3, 0.4) is 0 Å². The Balaban J connectivity index is 2.07. The molecular formula is C20H23BrClNO3. The largest absolute Gasteiger partial charge is 0.489 e. The molecule has 2 N–H and O–H groups in total. The van der Waals surface area contributed by atoms with Crippen LogP contribution in [0, 0.1) is 5.92 Å². The average Bonchev–Trinajstić information content (AvgIpc) is 2.57. The van der Waals surface area contributed by atoms with Crippen LogP contribution in [0.4, 0.5) is 0 Å². The van der Waals surface area contributed by atoms with E-state index in [-0.39, 0.29) is 0 Å². The zero-order valence-electron chi connectivity index (χ0n) is 14.8. The van der Waals surface area contributed by atoms with Gasteiger partial charge in [0.2, 0.25) is 0 Å². The first-order valence-electron chi connectivity index (χ1n) is 8.47. The van der Waals surface area contributed by atoms with Crippen molar-refractivity contribution in [2.45, 2.75) is 39.5 Å². The molecule has 2 aromatic carbocycles. The van der Waals surface area contributed by atoms with Gasteiger partial charge in [-0.3, -0.25) is 4.79 Å². The standard InChI is InChI=1S/C20H23BrClNO3/c1-13(2)8-18(20(24)25)23-11-15-10-16(21)6-7-19(15)26-12-14-4-3-5-17(22)9-14/h3-7,9-10,13,18,23H,8,11-12H2,1-2H3,(H,24,25). The van der Waals surface area contributed by atoms with Crippen LogP contribution in [0.25, 0.3) is 0 Å². The molecule has 0 amide bonds. The van der Waals surface area contributed by atoms with E-state index < -0.39 is 12.0 Å². The number of nitrogens with one attached hydrogen (secondary N) is 1. The van der Waals surface area contributed by atoms with E-state index in [1.807, 2.05) is 56.3 Å². The monoisotopic (exact) mass is 439 g/mol. The van der Waals surface area contributed by atoms with Gasteiger partial charge in [0.15, 0.2) is 0 Å². The van der Waals surface area contributed by atoms with Crippen molar-refractivity contribution in [1.29, 1.82) is 0 Å². The van der Waals surface area contributed by atoms with E-state index in [0.717, 1.165) is 21.3 Å². The molecule has 2 aromatic rings. The number of hydrogen-bond donors (Lipinski definition) is 2. The van der Waals surface area contributed by atoms with Crippen LogP contribution in [-0.4, -0.2) is 17.1 Å². The Morgan fingerprint density at radius 1 is 1.27 bits per heavy atom. The number of ether oxygens (including phenoxy) is 1. The van der Waals surface area contributed by atoms with Crippen molar-refractivity contribution in [3.63, 3.8) is 0 Å². The molecule has 4 nitrogen and oxygen atoms in total. The average molecular weight is 441 g/mol. The highest BCUT2D eigenvalue weighted by Gasteiger charge is 2.19. The smallest absolute Gasteiger partial charge is 0.320 e. The fraction of sp³-hybridized carbons (Fsp3) is 0.350. The lowest BCUT2D eigenvalue weighted by Gasteiger charge is -2.18. The third kappa shape index (κ3) is 6.63. The van der Waals surface area contributed by atoms with Crippen molar-refractivity contribution in [3.8, 4) is 5.75 Å². The lowest BCUT2D eigenvalue weighted by molar-refractivity contribution is -0.140. The van der Waals surface area contributed by atoms with Gasteiger partial charge in [-0.25, -0.2) is 0 Å². The molecule has 0 fully saturated rings. The molecule has 0 aliphatic rings. The summed E-state index contributed by atoms with van der Waals surface area (Å²) in [5.74, 6) is 0.175. The van der Waals surface area contributed by atoms with E-state index in [2.05, 4.69) is 21.2 Å². The quantitative estimate of drug-likeness (QED) is 0.557. The molecule has 0 saturated carbocycles. The van der Waals surface area contributed by atoms with E-state index in [1.54, 1.807) is 0 Å². The summed E-state index contributed by atoms with van der Waals surface area (Å²) in [4.78, 5) is 11.4. The highest BCUT2D eigenvalue weighted by Crippen LogP contribution is 2.25. The third-order valence-corrected chi connectivity index (χ3v) is 4.58. The second kappa shape index (κ2) is 9.95. The molecule has 0 spiro atoms. The van der Waals surface area contributed by atoms with Gasteiger partial charge in [0, 0.05) is 21.6 Å². The molecule has 1 unspecified atom stereocenters.